The topological polar surface area (TPSA) is 29.9 Å². The fourth-order valence-corrected chi connectivity index (χ4v) is 2.50. The van der Waals surface area contributed by atoms with E-state index in [0.29, 0.717) is 6.04 Å². The maximum atomic E-state index is 4.14. The Kier molecular flexibility index (Phi) is 3.70. The normalized spacial score (nSPS) is 18.0. The van der Waals surface area contributed by atoms with Crippen LogP contribution in [-0.2, 0) is 7.05 Å². The summed E-state index contributed by atoms with van der Waals surface area (Å²) in [5.41, 5.74) is 0. The van der Waals surface area contributed by atoms with E-state index in [1.165, 1.54) is 17.7 Å². The van der Waals surface area contributed by atoms with Gasteiger partial charge in [0.1, 0.15) is 0 Å². The number of nitrogens with zero attached hydrogens (tertiary/aromatic N) is 2. The number of nitrogens with one attached hydrogen (secondary N) is 1. The van der Waals surface area contributed by atoms with Crippen LogP contribution >= 0.6 is 11.8 Å². The maximum absolute atomic E-state index is 4.14. The lowest BCUT2D eigenvalue weighted by Crippen LogP contribution is -2.29. The summed E-state index contributed by atoms with van der Waals surface area (Å²) in [6.07, 6.45) is 6.83. The molecule has 1 aliphatic rings. The van der Waals surface area contributed by atoms with Crippen LogP contribution in [0.3, 0.4) is 0 Å². The Morgan fingerprint density at radius 3 is 3.07 bits per heavy atom. The van der Waals surface area contributed by atoms with Gasteiger partial charge in [0.05, 0.1) is 6.20 Å². The number of aromatic nitrogens is 2. The van der Waals surface area contributed by atoms with Gasteiger partial charge in [0.15, 0.2) is 0 Å². The third-order valence-corrected chi connectivity index (χ3v) is 3.80. The maximum Gasteiger partial charge on any atom is 0.0625 e. The molecule has 1 fully saturated rings. The monoisotopic (exact) mass is 225 g/mol. The highest BCUT2D eigenvalue weighted by Crippen LogP contribution is 2.32. The third-order valence-electron chi connectivity index (χ3n) is 2.85. The average Bonchev–Trinajstić information content (AvgIpc) is 2.98. The molecule has 4 heteroatoms. The molecule has 1 saturated carbocycles. The van der Waals surface area contributed by atoms with Crippen LogP contribution in [0.2, 0.25) is 0 Å². The molecular formula is C11H19N3S. The van der Waals surface area contributed by atoms with Crippen molar-refractivity contribution in [2.24, 2.45) is 13.0 Å². The quantitative estimate of drug-likeness (QED) is 0.592. The minimum atomic E-state index is 0.708. The summed E-state index contributed by atoms with van der Waals surface area (Å²) in [5, 5.41) is 7.72. The largest absolute Gasteiger partial charge is 0.313 e. The Morgan fingerprint density at radius 2 is 2.47 bits per heavy atom. The number of thioether (sulfide) groups is 1. The van der Waals surface area contributed by atoms with Crippen molar-refractivity contribution in [2.75, 3.05) is 12.3 Å². The molecule has 0 amide bonds. The summed E-state index contributed by atoms with van der Waals surface area (Å²) in [6.45, 7) is 3.39. The molecule has 84 valence electrons. The Balaban J connectivity index is 1.58. The zero-order valence-electron chi connectivity index (χ0n) is 9.44. The van der Waals surface area contributed by atoms with E-state index in [1.807, 2.05) is 29.7 Å². The van der Waals surface area contributed by atoms with E-state index in [0.717, 1.165) is 18.2 Å². The summed E-state index contributed by atoms with van der Waals surface area (Å²) in [5.74, 6) is 2.08. The van der Waals surface area contributed by atoms with Gasteiger partial charge in [-0.2, -0.15) is 5.10 Å². The third kappa shape index (κ3) is 3.54. The number of hydrogen-bond acceptors (Lipinski definition) is 3. The Hall–Kier alpha value is -0.480. The van der Waals surface area contributed by atoms with Gasteiger partial charge in [-0.25, -0.2) is 0 Å². The molecule has 0 aliphatic heterocycles. The van der Waals surface area contributed by atoms with Crippen LogP contribution in [0.5, 0.6) is 0 Å². The minimum absolute atomic E-state index is 0.708. The van der Waals surface area contributed by atoms with Crippen LogP contribution < -0.4 is 5.32 Å². The fraction of sp³-hybridized carbons (Fsp3) is 0.727. The molecule has 1 aromatic heterocycles. The molecule has 0 spiro atoms. The molecule has 0 bridgehead atoms. The van der Waals surface area contributed by atoms with Crippen LogP contribution in [0.1, 0.15) is 19.8 Å². The highest BCUT2D eigenvalue weighted by atomic mass is 32.2. The molecule has 3 nitrogen and oxygen atoms in total. The van der Waals surface area contributed by atoms with Gasteiger partial charge in [-0.1, -0.05) is 0 Å². The van der Waals surface area contributed by atoms with Crippen LogP contribution in [0.15, 0.2) is 17.3 Å². The van der Waals surface area contributed by atoms with Crippen molar-refractivity contribution in [1.82, 2.24) is 15.1 Å². The van der Waals surface area contributed by atoms with Crippen molar-refractivity contribution < 1.29 is 0 Å². The van der Waals surface area contributed by atoms with E-state index in [4.69, 9.17) is 0 Å². The molecule has 1 heterocycles. The van der Waals surface area contributed by atoms with E-state index in [1.54, 1.807) is 0 Å². The van der Waals surface area contributed by atoms with Crippen molar-refractivity contribution in [2.45, 2.75) is 30.7 Å². The number of rotatable bonds is 6. The second kappa shape index (κ2) is 5.03. The molecule has 1 unspecified atom stereocenters. The van der Waals surface area contributed by atoms with Gasteiger partial charge in [-0.05, 0) is 25.7 Å². The van der Waals surface area contributed by atoms with Crippen molar-refractivity contribution in [3.8, 4) is 0 Å². The Labute approximate surface area is 95.6 Å². The van der Waals surface area contributed by atoms with Crippen molar-refractivity contribution in [1.29, 1.82) is 0 Å². The summed E-state index contributed by atoms with van der Waals surface area (Å²) in [7, 11) is 1.96. The molecular weight excluding hydrogens is 206 g/mol. The molecule has 1 aliphatic carbocycles. The van der Waals surface area contributed by atoms with Crippen LogP contribution in [0.25, 0.3) is 0 Å². The van der Waals surface area contributed by atoms with Crippen LogP contribution in [-0.4, -0.2) is 28.1 Å². The number of aryl methyl sites for hydroxylation is 1. The summed E-state index contributed by atoms with van der Waals surface area (Å²) >= 11 is 1.87. The molecule has 0 aromatic carbocycles. The molecule has 1 aromatic rings. The smallest absolute Gasteiger partial charge is 0.0625 e. The lowest BCUT2D eigenvalue weighted by molar-refractivity contribution is 0.514. The van der Waals surface area contributed by atoms with Gasteiger partial charge in [0.2, 0.25) is 0 Å². The lowest BCUT2D eigenvalue weighted by Gasteiger charge is -2.11. The van der Waals surface area contributed by atoms with Crippen LogP contribution in [0.4, 0.5) is 0 Å². The zero-order chi connectivity index (χ0) is 10.7. The van der Waals surface area contributed by atoms with Gasteiger partial charge in [-0.3, -0.25) is 4.68 Å². The number of hydrogen-bond donors (Lipinski definition) is 1. The first-order valence-electron chi connectivity index (χ1n) is 5.60. The fourth-order valence-electron chi connectivity index (χ4n) is 1.69. The highest BCUT2D eigenvalue weighted by Gasteiger charge is 2.27. The Bertz CT molecular complexity index is 307. The predicted molar refractivity (Wildman–Crippen MR) is 64.1 cm³/mol. The van der Waals surface area contributed by atoms with Crippen LogP contribution in [0, 0.1) is 5.92 Å². The molecule has 1 N–H and O–H groups in total. The zero-order valence-corrected chi connectivity index (χ0v) is 10.3. The molecule has 15 heavy (non-hydrogen) atoms. The molecule has 0 saturated heterocycles. The Morgan fingerprint density at radius 1 is 1.67 bits per heavy atom. The van der Waals surface area contributed by atoms with Crippen molar-refractivity contribution >= 4 is 11.8 Å². The van der Waals surface area contributed by atoms with E-state index in [9.17, 15) is 0 Å². The summed E-state index contributed by atoms with van der Waals surface area (Å²) < 4.78 is 1.85. The van der Waals surface area contributed by atoms with Crippen molar-refractivity contribution in [3.63, 3.8) is 0 Å². The first kappa shape index (κ1) is 11.0. The van der Waals surface area contributed by atoms with Crippen molar-refractivity contribution in [3.05, 3.63) is 12.4 Å². The van der Waals surface area contributed by atoms with E-state index in [-0.39, 0.29) is 0 Å². The van der Waals surface area contributed by atoms with Gasteiger partial charge in [-0.15, -0.1) is 11.8 Å². The van der Waals surface area contributed by atoms with Gasteiger partial charge < -0.3 is 5.32 Å². The van der Waals surface area contributed by atoms with E-state index in [2.05, 4.69) is 23.5 Å². The SMILES string of the molecule is CC(NCCSc1cnn(C)c1)C1CC1. The second-order valence-corrected chi connectivity index (χ2v) is 5.45. The van der Waals surface area contributed by atoms with E-state index >= 15 is 0 Å². The van der Waals surface area contributed by atoms with Gasteiger partial charge >= 0.3 is 0 Å². The van der Waals surface area contributed by atoms with Gasteiger partial charge in [0.25, 0.3) is 0 Å². The first-order chi connectivity index (χ1) is 7.25. The van der Waals surface area contributed by atoms with E-state index < -0.39 is 0 Å². The average molecular weight is 225 g/mol. The second-order valence-electron chi connectivity index (χ2n) is 4.28. The standard InChI is InChI=1S/C11H19N3S/c1-9(10-3-4-10)12-5-6-15-11-7-13-14(2)8-11/h7-10,12H,3-6H2,1-2H3. The predicted octanol–water partition coefficient (Wildman–Crippen LogP) is 1.90. The molecule has 1 atom stereocenters. The summed E-state index contributed by atoms with van der Waals surface area (Å²) in [6, 6.07) is 0.708. The molecule has 0 radical (unpaired) electrons. The molecule has 2 rings (SSSR count). The first-order valence-corrected chi connectivity index (χ1v) is 6.59. The summed E-state index contributed by atoms with van der Waals surface area (Å²) in [4.78, 5) is 1.26. The lowest BCUT2D eigenvalue weighted by atomic mass is 10.2. The van der Waals surface area contributed by atoms with Gasteiger partial charge in [0, 0.05) is 36.5 Å². The highest BCUT2D eigenvalue weighted by molar-refractivity contribution is 7.99. The minimum Gasteiger partial charge on any atom is -0.313 e.